The largest absolute Gasteiger partial charge is 0.274 e. The van der Waals surface area contributed by atoms with Crippen LogP contribution in [0.5, 0.6) is 0 Å². The van der Waals surface area contributed by atoms with Gasteiger partial charge in [-0.25, -0.2) is 20.0 Å². The molecule has 2 aliphatic rings. The van der Waals surface area contributed by atoms with Gasteiger partial charge in [-0.1, -0.05) is 0 Å². The average Bonchev–Trinajstić information content (AvgIpc) is 2.48. The van der Waals surface area contributed by atoms with Crippen molar-refractivity contribution in [3.63, 3.8) is 0 Å². The summed E-state index contributed by atoms with van der Waals surface area (Å²) >= 11 is 0. The highest BCUT2D eigenvalue weighted by Gasteiger charge is 2.39. The summed E-state index contributed by atoms with van der Waals surface area (Å²) in [6.07, 6.45) is 4.74. The van der Waals surface area contributed by atoms with E-state index in [1.807, 2.05) is 19.0 Å². The highest BCUT2D eigenvalue weighted by Crippen LogP contribution is 2.20. The maximum atomic E-state index is 4.22. The number of amidine groups is 1. The molecule has 5 heteroatoms. The first-order valence-corrected chi connectivity index (χ1v) is 3.62. The number of nitrogens with zero attached hydrogens (tertiary/aromatic N) is 5. The van der Waals surface area contributed by atoms with Crippen molar-refractivity contribution in [2.24, 2.45) is 20.0 Å². The lowest BCUT2D eigenvalue weighted by Gasteiger charge is -2.29. The molecule has 0 fully saturated rings. The number of likely N-dealkylation sites (N-methyl/N-ethyl adjacent to an activating group) is 1. The monoisotopic (exact) mass is 163 g/mol. The Kier molecular flexibility index (Phi) is 1.41. The fourth-order valence-corrected chi connectivity index (χ4v) is 1.20. The Hall–Kier alpha value is -1.36. The summed E-state index contributed by atoms with van der Waals surface area (Å²) < 4.78 is 0. The third-order valence-corrected chi connectivity index (χ3v) is 1.95. The molecule has 12 heavy (non-hydrogen) atoms. The van der Waals surface area contributed by atoms with Crippen LogP contribution in [0, 0.1) is 0 Å². The second kappa shape index (κ2) is 2.31. The molecule has 0 aliphatic carbocycles. The molecule has 62 valence electrons. The number of aliphatic imine (C=N–C) groups is 4. The van der Waals surface area contributed by atoms with Gasteiger partial charge in [0, 0.05) is 0 Å². The van der Waals surface area contributed by atoms with Gasteiger partial charge in [-0.2, -0.15) is 0 Å². The van der Waals surface area contributed by atoms with E-state index < -0.39 is 5.66 Å². The van der Waals surface area contributed by atoms with Gasteiger partial charge in [0.2, 0.25) is 5.66 Å². The fourth-order valence-electron chi connectivity index (χ4n) is 1.20. The molecule has 0 aromatic heterocycles. The zero-order valence-electron chi connectivity index (χ0n) is 6.97. The molecule has 0 aromatic rings. The van der Waals surface area contributed by atoms with Crippen molar-refractivity contribution in [2.45, 2.75) is 5.66 Å². The Labute approximate surface area is 70.3 Å². The van der Waals surface area contributed by atoms with Crippen molar-refractivity contribution >= 4 is 24.7 Å². The summed E-state index contributed by atoms with van der Waals surface area (Å²) in [5.74, 6) is 0.683. The summed E-state index contributed by atoms with van der Waals surface area (Å²) in [7, 11) is 3.84. The first kappa shape index (κ1) is 7.30. The number of hydrogen-bond donors (Lipinski definition) is 0. The minimum absolute atomic E-state index is 0.547. The van der Waals surface area contributed by atoms with Gasteiger partial charge in [-0.15, -0.1) is 0 Å². The van der Waals surface area contributed by atoms with Gasteiger partial charge in [-0.05, 0) is 14.1 Å². The molecule has 1 unspecified atom stereocenters. The molecule has 1 atom stereocenters. The Morgan fingerprint density at radius 1 is 1.33 bits per heavy atom. The summed E-state index contributed by atoms with van der Waals surface area (Å²) in [4.78, 5) is 18.2. The van der Waals surface area contributed by atoms with Crippen LogP contribution in [0.15, 0.2) is 20.0 Å². The van der Waals surface area contributed by atoms with Crippen LogP contribution in [0.1, 0.15) is 0 Å². The number of hydrogen-bond acceptors (Lipinski definition) is 5. The molecule has 0 aromatic carbocycles. The van der Waals surface area contributed by atoms with E-state index in [2.05, 4.69) is 20.0 Å². The maximum absolute atomic E-state index is 4.22. The molecule has 0 spiro atoms. The topological polar surface area (TPSA) is 52.7 Å². The molecule has 0 saturated carbocycles. The Bertz CT molecular complexity index is 312. The van der Waals surface area contributed by atoms with E-state index in [-0.39, 0.29) is 0 Å². The lowest BCUT2D eigenvalue weighted by Crippen LogP contribution is -2.50. The van der Waals surface area contributed by atoms with Gasteiger partial charge in [0.05, 0.1) is 6.21 Å². The standard InChI is InChI=1S/C7H9N5/c1-12(2)7-3-8-4-9-6(7)10-5-11-7/h3-5H,1-2H3. The van der Waals surface area contributed by atoms with E-state index >= 15 is 0 Å². The van der Waals surface area contributed by atoms with E-state index in [9.17, 15) is 0 Å². The summed E-state index contributed by atoms with van der Waals surface area (Å²) in [6, 6.07) is 0. The van der Waals surface area contributed by atoms with Crippen LogP contribution in [0.2, 0.25) is 0 Å². The SMILES string of the molecule is CN(C)C12C=NC=NC1=NC=N2. The molecule has 2 aliphatic heterocycles. The molecule has 0 saturated heterocycles. The zero-order valence-corrected chi connectivity index (χ0v) is 6.97. The van der Waals surface area contributed by atoms with Gasteiger partial charge in [0.25, 0.3) is 0 Å². The third-order valence-electron chi connectivity index (χ3n) is 1.95. The van der Waals surface area contributed by atoms with Crippen LogP contribution in [0.4, 0.5) is 0 Å². The first-order chi connectivity index (χ1) is 5.76. The summed E-state index contributed by atoms with van der Waals surface area (Å²) in [6.45, 7) is 0. The highest BCUT2D eigenvalue weighted by molar-refractivity contribution is 6.17. The fraction of sp³-hybridized carbons (Fsp3) is 0.429. The van der Waals surface area contributed by atoms with Crippen LogP contribution in [0.25, 0.3) is 0 Å². The molecule has 0 bridgehead atoms. The summed E-state index contributed by atoms with van der Waals surface area (Å²) in [5.41, 5.74) is -0.547. The van der Waals surface area contributed by atoms with Crippen molar-refractivity contribution in [2.75, 3.05) is 14.1 Å². The van der Waals surface area contributed by atoms with Crippen molar-refractivity contribution in [3.8, 4) is 0 Å². The predicted octanol–water partition coefficient (Wildman–Crippen LogP) is -0.203. The molecule has 0 N–H and O–H groups in total. The molecule has 2 rings (SSSR count). The lowest BCUT2D eigenvalue weighted by atomic mass is 10.1. The van der Waals surface area contributed by atoms with Crippen LogP contribution in [-0.2, 0) is 0 Å². The normalized spacial score (nSPS) is 31.1. The lowest BCUT2D eigenvalue weighted by molar-refractivity contribution is 0.322. The van der Waals surface area contributed by atoms with Crippen LogP contribution in [-0.4, -0.2) is 49.4 Å². The van der Waals surface area contributed by atoms with Gasteiger partial charge in [0.1, 0.15) is 12.7 Å². The van der Waals surface area contributed by atoms with Crippen molar-refractivity contribution in [1.82, 2.24) is 4.90 Å². The highest BCUT2D eigenvalue weighted by atomic mass is 15.3. The molecule has 0 amide bonds. The van der Waals surface area contributed by atoms with E-state index in [4.69, 9.17) is 0 Å². The summed E-state index contributed by atoms with van der Waals surface area (Å²) in [5, 5.41) is 0. The maximum Gasteiger partial charge on any atom is 0.210 e. The van der Waals surface area contributed by atoms with Crippen molar-refractivity contribution in [1.29, 1.82) is 0 Å². The van der Waals surface area contributed by atoms with Crippen LogP contribution < -0.4 is 0 Å². The number of rotatable bonds is 1. The second-order valence-electron chi connectivity index (χ2n) is 2.84. The zero-order chi connectivity index (χ0) is 8.60. The quantitative estimate of drug-likeness (QED) is 0.528. The van der Waals surface area contributed by atoms with Gasteiger partial charge >= 0.3 is 0 Å². The first-order valence-electron chi connectivity index (χ1n) is 3.62. The Balaban J connectivity index is 2.47. The molecule has 0 radical (unpaired) electrons. The molecule has 2 heterocycles. The average molecular weight is 163 g/mol. The molecular weight excluding hydrogens is 154 g/mol. The van der Waals surface area contributed by atoms with E-state index in [0.29, 0.717) is 5.84 Å². The van der Waals surface area contributed by atoms with Crippen LogP contribution >= 0.6 is 0 Å². The Morgan fingerprint density at radius 2 is 2.17 bits per heavy atom. The van der Waals surface area contributed by atoms with E-state index in [1.165, 1.54) is 12.7 Å². The van der Waals surface area contributed by atoms with Gasteiger partial charge < -0.3 is 0 Å². The Morgan fingerprint density at radius 3 is 2.83 bits per heavy atom. The smallest absolute Gasteiger partial charge is 0.210 e. The molecular formula is C7H9N5. The van der Waals surface area contributed by atoms with Gasteiger partial charge in [-0.3, -0.25) is 4.90 Å². The van der Waals surface area contributed by atoms with E-state index in [0.717, 1.165) is 0 Å². The van der Waals surface area contributed by atoms with E-state index in [1.54, 1.807) is 6.21 Å². The van der Waals surface area contributed by atoms with Crippen molar-refractivity contribution in [3.05, 3.63) is 0 Å². The third kappa shape index (κ3) is 0.767. The van der Waals surface area contributed by atoms with Crippen LogP contribution in [0.3, 0.4) is 0 Å². The minimum Gasteiger partial charge on any atom is -0.274 e. The predicted molar refractivity (Wildman–Crippen MR) is 49.3 cm³/mol. The second-order valence-corrected chi connectivity index (χ2v) is 2.84. The number of fused-ring (bicyclic) bond motifs is 1. The molecule has 5 nitrogen and oxygen atoms in total. The van der Waals surface area contributed by atoms with Gasteiger partial charge in [0.15, 0.2) is 5.84 Å². The van der Waals surface area contributed by atoms with Crippen molar-refractivity contribution < 1.29 is 0 Å². The minimum atomic E-state index is -0.547.